The molecule has 12 heavy (non-hydrogen) atoms. The Morgan fingerprint density at radius 3 is 2.92 bits per heavy atom. The van der Waals surface area contributed by atoms with Gasteiger partial charge in [-0.2, -0.15) is 0 Å². The summed E-state index contributed by atoms with van der Waals surface area (Å²) in [7, 11) is 0. The molecule has 2 saturated heterocycles. The molecule has 68 valence electrons. The van der Waals surface area contributed by atoms with E-state index in [1.165, 1.54) is 0 Å². The zero-order valence-electron chi connectivity index (χ0n) is 7.03. The highest BCUT2D eigenvalue weighted by Crippen LogP contribution is 2.18. The van der Waals surface area contributed by atoms with Gasteiger partial charge in [0.15, 0.2) is 0 Å². The molecule has 0 aromatic rings. The van der Waals surface area contributed by atoms with Gasteiger partial charge in [0.05, 0.1) is 12.6 Å². The van der Waals surface area contributed by atoms with Crippen molar-refractivity contribution in [2.75, 3.05) is 19.8 Å². The highest BCUT2D eigenvalue weighted by molar-refractivity contribution is 5.79. The Bertz CT molecular complexity index is 189. The Morgan fingerprint density at radius 1 is 1.58 bits per heavy atom. The molecular formula is C8H14N2O2. The van der Waals surface area contributed by atoms with Gasteiger partial charge in [-0.05, 0) is 6.42 Å². The average Bonchev–Trinajstić information content (AvgIpc) is 2.58. The number of ether oxygens (including phenoxy) is 1. The minimum Gasteiger partial charge on any atom is -0.379 e. The van der Waals surface area contributed by atoms with E-state index in [2.05, 4.69) is 0 Å². The van der Waals surface area contributed by atoms with Crippen molar-refractivity contribution in [3.8, 4) is 0 Å². The van der Waals surface area contributed by atoms with Crippen molar-refractivity contribution in [2.45, 2.75) is 24.9 Å². The van der Waals surface area contributed by atoms with Gasteiger partial charge in [0, 0.05) is 25.6 Å². The number of nitrogens with zero attached hydrogens (tertiary/aromatic N) is 1. The normalized spacial score (nSPS) is 36.4. The van der Waals surface area contributed by atoms with E-state index < -0.39 is 0 Å². The van der Waals surface area contributed by atoms with Crippen LogP contribution < -0.4 is 5.73 Å². The van der Waals surface area contributed by atoms with E-state index in [-0.39, 0.29) is 11.9 Å². The molecule has 0 radical (unpaired) electrons. The first-order valence-corrected chi connectivity index (χ1v) is 4.40. The molecule has 2 heterocycles. The summed E-state index contributed by atoms with van der Waals surface area (Å²) < 4.78 is 5.22. The van der Waals surface area contributed by atoms with Crippen molar-refractivity contribution in [1.29, 1.82) is 0 Å². The van der Waals surface area contributed by atoms with Crippen LogP contribution in [0.3, 0.4) is 0 Å². The van der Waals surface area contributed by atoms with Gasteiger partial charge >= 0.3 is 0 Å². The molecule has 4 nitrogen and oxygen atoms in total. The fourth-order valence-electron chi connectivity index (χ4n) is 1.88. The smallest absolute Gasteiger partial charge is 0.224 e. The Morgan fingerprint density at radius 2 is 2.42 bits per heavy atom. The Hall–Kier alpha value is -0.610. The van der Waals surface area contributed by atoms with Crippen LogP contribution in [-0.2, 0) is 9.53 Å². The van der Waals surface area contributed by atoms with Crippen LogP contribution >= 0.6 is 0 Å². The lowest BCUT2D eigenvalue weighted by Gasteiger charge is -2.22. The summed E-state index contributed by atoms with van der Waals surface area (Å²) in [4.78, 5) is 13.2. The minimum atomic E-state index is 0.0399. The lowest BCUT2D eigenvalue weighted by Crippen LogP contribution is -2.38. The van der Waals surface area contributed by atoms with Crippen molar-refractivity contribution in [3.63, 3.8) is 0 Å². The predicted octanol–water partition coefficient (Wildman–Crippen LogP) is -0.665. The molecule has 2 rings (SSSR count). The van der Waals surface area contributed by atoms with E-state index in [0.29, 0.717) is 25.6 Å². The summed E-state index contributed by atoms with van der Waals surface area (Å²) in [6, 6.07) is 0.337. The number of rotatable bonds is 1. The van der Waals surface area contributed by atoms with E-state index in [4.69, 9.17) is 10.5 Å². The maximum atomic E-state index is 11.4. The maximum Gasteiger partial charge on any atom is 0.224 e. The molecule has 2 aliphatic rings. The van der Waals surface area contributed by atoms with E-state index in [0.717, 1.165) is 13.0 Å². The minimum absolute atomic E-state index is 0.0399. The molecule has 0 bridgehead atoms. The lowest BCUT2D eigenvalue weighted by atomic mass is 10.2. The Balaban J connectivity index is 1.98. The molecule has 0 aliphatic carbocycles. The molecular weight excluding hydrogens is 156 g/mol. The molecule has 1 unspecified atom stereocenters. The van der Waals surface area contributed by atoms with Crippen molar-refractivity contribution < 1.29 is 9.53 Å². The third-order valence-corrected chi connectivity index (χ3v) is 2.53. The number of carbonyl (C=O) groups excluding carboxylic acids is 1. The fraction of sp³-hybridized carbons (Fsp3) is 0.875. The number of carbonyl (C=O) groups is 1. The van der Waals surface area contributed by atoms with Crippen molar-refractivity contribution in [2.24, 2.45) is 5.73 Å². The largest absolute Gasteiger partial charge is 0.379 e. The summed E-state index contributed by atoms with van der Waals surface area (Å²) in [5, 5.41) is 0. The molecule has 2 fully saturated rings. The van der Waals surface area contributed by atoms with Crippen LogP contribution in [0.5, 0.6) is 0 Å². The first kappa shape index (κ1) is 8.01. The number of nitrogens with two attached hydrogens (primary N) is 1. The van der Waals surface area contributed by atoms with Crippen LogP contribution in [0, 0.1) is 0 Å². The van der Waals surface area contributed by atoms with Crippen molar-refractivity contribution in [1.82, 2.24) is 4.90 Å². The van der Waals surface area contributed by atoms with Gasteiger partial charge in [-0.15, -0.1) is 0 Å². The summed E-state index contributed by atoms with van der Waals surface area (Å²) in [5.74, 6) is 0.193. The zero-order chi connectivity index (χ0) is 8.55. The Kier molecular flexibility index (Phi) is 2.02. The van der Waals surface area contributed by atoms with Gasteiger partial charge < -0.3 is 15.4 Å². The first-order valence-electron chi connectivity index (χ1n) is 4.40. The third kappa shape index (κ3) is 1.32. The predicted molar refractivity (Wildman–Crippen MR) is 43.5 cm³/mol. The number of likely N-dealkylation sites (tertiary alicyclic amines) is 1. The van der Waals surface area contributed by atoms with Crippen LogP contribution in [0.1, 0.15) is 12.8 Å². The third-order valence-electron chi connectivity index (χ3n) is 2.53. The lowest BCUT2D eigenvalue weighted by molar-refractivity contribution is -0.129. The van der Waals surface area contributed by atoms with Crippen LogP contribution in [-0.4, -0.2) is 42.6 Å². The quantitative estimate of drug-likeness (QED) is 0.568. The molecule has 1 amide bonds. The van der Waals surface area contributed by atoms with Crippen LogP contribution in [0.25, 0.3) is 0 Å². The van der Waals surface area contributed by atoms with Gasteiger partial charge in [0.2, 0.25) is 5.91 Å². The topological polar surface area (TPSA) is 55.6 Å². The van der Waals surface area contributed by atoms with Crippen LogP contribution in [0.15, 0.2) is 0 Å². The highest BCUT2D eigenvalue weighted by Gasteiger charge is 2.34. The van der Waals surface area contributed by atoms with E-state index in [1.54, 1.807) is 0 Å². The van der Waals surface area contributed by atoms with Crippen molar-refractivity contribution >= 4 is 5.91 Å². The summed E-state index contributed by atoms with van der Waals surface area (Å²) in [6.07, 6.45) is 1.48. The molecule has 0 aromatic carbocycles. The fourth-order valence-corrected chi connectivity index (χ4v) is 1.88. The van der Waals surface area contributed by atoms with Gasteiger partial charge in [0.25, 0.3) is 0 Å². The average molecular weight is 170 g/mol. The van der Waals surface area contributed by atoms with E-state index >= 15 is 0 Å². The maximum absolute atomic E-state index is 11.4. The number of hydrogen-bond donors (Lipinski definition) is 1. The second-order valence-corrected chi connectivity index (χ2v) is 3.53. The number of amides is 1. The highest BCUT2D eigenvalue weighted by atomic mass is 16.5. The molecule has 2 N–H and O–H groups in total. The summed E-state index contributed by atoms with van der Waals surface area (Å²) >= 11 is 0. The SMILES string of the molecule is NC1CC(=O)N([C@@H]2CCOC2)C1. The first-order chi connectivity index (χ1) is 5.77. The molecule has 2 atom stereocenters. The summed E-state index contributed by atoms with van der Waals surface area (Å²) in [5.41, 5.74) is 5.68. The molecule has 4 heteroatoms. The molecule has 2 aliphatic heterocycles. The summed E-state index contributed by atoms with van der Waals surface area (Å²) in [6.45, 7) is 2.19. The second kappa shape index (κ2) is 3.03. The molecule has 0 aromatic heterocycles. The van der Waals surface area contributed by atoms with Gasteiger partial charge in [-0.25, -0.2) is 0 Å². The monoisotopic (exact) mass is 170 g/mol. The van der Waals surface area contributed by atoms with Gasteiger partial charge in [-0.1, -0.05) is 0 Å². The molecule has 0 spiro atoms. The van der Waals surface area contributed by atoms with Gasteiger partial charge in [0.1, 0.15) is 0 Å². The zero-order valence-corrected chi connectivity index (χ0v) is 7.03. The van der Waals surface area contributed by atoms with Crippen molar-refractivity contribution in [3.05, 3.63) is 0 Å². The Labute approximate surface area is 71.7 Å². The van der Waals surface area contributed by atoms with Crippen LogP contribution in [0.4, 0.5) is 0 Å². The standard InChI is InChI=1S/C8H14N2O2/c9-6-3-8(11)10(4-6)7-1-2-12-5-7/h6-7H,1-5,9H2/t6?,7-/m1/s1. The van der Waals surface area contributed by atoms with Crippen LogP contribution in [0.2, 0.25) is 0 Å². The van der Waals surface area contributed by atoms with E-state index in [9.17, 15) is 4.79 Å². The second-order valence-electron chi connectivity index (χ2n) is 3.53. The van der Waals surface area contributed by atoms with E-state index in [1.807, 2.05) is 4.90 Å². The van der Waals surface area contributed by atoms with Gasteiger partial charge in [-0.3, -0.25) is 4.79 Å². The molecule has 0 saturated carbocycles. The number of hydrogen-bond acceptors (Lipinski definition) is 3.